The summed E-state index contributed by atoms with van der Waals surface area (Å²) in [5, 5.41) is 9.63. The molecule has 2 atom stereocenters. The molecule has 1 heterocycles. The number of nitrogens with zero attached hydrogens (tertiary/aromatic N) is 2. The van der Waals surface area contributed by atoms with Crippen LogP contribution in [0.15, 0.2) is 0 Å². The SMILES string of the molecule is COCCN1CCN(CC2CC2(CO)C(C)C)CC1. The average Bonchev–Trinajstić information content (AvgIpc) is 3.13. The topological polar surface area (TPSA) is 35.9 Å². The Morgan fingerprint density at radius 1 is 1.21 bits per heavy atom. The van der Waals surface area contributed by atoms with Crippen LogP contribution >= 0.6 is 0 Å². The predicted octanol–water partition coefficient (Wildman–Crippen LogP) is 0.905. The third-order valence-corrected chi connectivity index (χ3v) is 5.28. The van der Waals surface area contributed by atoms with Crippen LogP contribution in [0.4, 0.5) is 0 Å². The lowest BCUT2D eigenvalue weighted by Gasteiger charge is -2.35. The Kier molecular flexibility index (Phi) is 5.23. The van der Waals surface area contributed by atoms with Crippen LogP contribution in [0.25, 0.3) is 0 Å². The zero-order valence-corrected chi connectivity index (χ0v) is 12.8. The number of methoxy groups -OCH3 is 1. The molecule has 1 saturated heterocycles. The van der Waals surface area contributed by atoms with Crippen molar-refractivity contribution in [1.82, 2.24) is 9.80 Å². The molecule has 4 nitrogen and oxygen atoms in total. The minimum absolute atomic E-state index is 0.229. The van der Waals surface area contributed by atoms with Gasteiger partial charge in [0, 0.05) is 58.4 Å². The van der Waals surface area contributed by atoms with E-state index in [4.69, 9.17) is 4.74 Å². The quantitative estimate of drug-likeness (QED) is 0.746. The summed E-state index contributed by atoms with van der Waals surface area (Å²) >= 11 is 0. The van der Waals surface area contributed by atoms with E-state index >= 15 is 0 Å². The van der Waals surface area contributed by atoms with Gasteiger partial charge < -0.3 is 14.7 Å². The Bertz CT molecular complexity index is 277. The fraction of sp³-hybridized carbons (Fsp3) is 1.00. The Morgan fingerprint density at radius 3 is 2.32 bits per heavy atom. The van der Waals surface area contributed by atoms with E-state index < -0.39 is 0 Å². The van der Waals surface area contributed by atoms with Gasteiger partial charge in [0.2, 0.25) is 0 Å². The predicted molar refractivity (Wildman–Crippen MR) is 77.2 cm³/mol. The van der Waals surface area contributed by atoms with Crippen LogP contribution in [-0.4, -0.2) is 74.5 Å². The molecular weight excluding hydrogens is 240 g/mol. The molecule has 0 amide bonds. The van der Waals surface area contributed by atoms with Crippen molar-refractivity contribution in [2.24, 2.45) is 17.3 Å². The van der Waals surface area contributed by atoms with Crippen molar-refractivity contribution in [2.45, 2.75) is 20.3 Å². The van der Waals surface area contributed by atoms with Crippen molar-refractivity contribution in [3.8, 4) is 0 Å². The van der Waals surface area contributed by atoms with E-state index in [2.05, 4.69) is 23.6 Å². The molecule has 4 heteroatoms. The van der Waals surface area contributed by atoms with Gasteiger partial charge in [-0.1, -0.05) is 13.8 Å². The summed E-state index contributed by atoms with van der Waals surface area (Å²) in [6.07, 6.45) is 1.21. The summed E-state index contributed by atoms with van der Waals surface area (Å²) in [5.41, 5.74) is 0.229. The third kappa shape index (κ3) is 3.48. The van der Waals surface area contributed by atoms with Crippen LogP contribution in [0.2, 0.25) is 0 Å². The van der Waals surface area contributed by atoms with Gasteiger partial charge in [-0.3, -0.25) is 4.90 Å². The van der Waals surface area contributed by atoms with Crippen molar-refractivity contribution in [1.29, 1.82) is 0 Å². The molecule has 1 saturated carbocycles. The van der Waals surface area contributed by atoms with Gasteiger partial charge in [-0.25, -0.2) is 0 Å². The van der Waals surface area contributed by atoms with E-state index in [1.54, 1.807) is 7.11 Å². The van der Waals surface area contributed by atoms with E-state index in [0.29, 0.717) is 18.4 Å². The molecule has 0 aromatic rings. The Labute approximate surface area is 117 Å². The lowest BCUT2D eigenvalue weighted by atomic mass is 9.90. The first-order valence-electron chi connectivity index (χ1n) is 7.67. The molecule has 1 aliphatic carbocycles. The first-order valence-corrected chi connectivity index (χ1v) is 7.67. The first-order chi connectivity index (χ1) is 9.12. The molecule has 0 radical (unpaired) electrons. The zero-order valence-electron chi connectivity index (χ0n) is 12.8. The van der Waals surface area contributed by atoms with E-state index in [1.165, 1.54) is 26.1 Å². The number of aliphatic hydroxyl groups excluding tert-OH is 1. The van der Waals surface area contributed by atoms with Gasteiger partial charge in [0.1, 0.15) is 0 Å². The molecule has 2 rings (SSSR count). The fourth-order valence-corrected chi connectivity index (χ4v) is 3.46. The zero-order chi connectivity index (χ0) is 13.9. The van der Waals surface area contributed by atoms with Gasteiger partial charge in [0.25, 0.3) is 0 Å². The minimum atomic E-state index is 0.229. The van der Waals surface area contributed by atoms with Crippen molar-refractivity contribution in [3.05, 3.63) is 0 Å². The monoisotopic (exact) mass is 270 g/mol. The number of rotatable bonds is 7. The van der Waals surface area contributed by atoms with Crippen LogP contribution in [0.3, 0.4) is 0 Å². The summed E-state index contributed by atoms with van der Waals surface area (Å²) in [5.74, 6) is 1.31. The third-order valence-electron chi connectivity index (χ3n) is 5.28. The molecule has 2 aliphatic rings. The van der Waals surface area contributed by atoms with Crippen molar-refractivity contribution in [3.63, 3.8) is 0 Å². The van der Waals surface area contributed by atoms with Crippen LogP contribution in [0.5, 0.6) is 0 Å². The summed E-state index contributed by atoms with van der Waals surface area (Å²) in [7, 11) is 1.77. The first kappa shape index (κ1) is 15.2. The average molecular weight is 270 g/mol. The van der Waals surface area contributed by atoms with Gasteiger partial charge in [0.15, 0.2) is 0 Å². The normalized spacial score (nSPS) is 33.0. The van der Waals surface area contributed by atoms with Crippen LogP contribution in [-0.2, 0) is 4.74 Å². The Morgan fingerprint density at radius 2 is 1.84 bits per heavy atom. The highest BCUT2D eigenvalue weighted by Gasteiger charge is 2.55. The lowest BCUT2D eigenvalue weighted by molar-refractivity contribution is 0.0859. The lowest BCUT2D eigenvalue weighted by Crippen LogP contribution is -2.48. The molecule has 112 valence electrons. The number of hydrogen-bond donors (Lipinski definition) is 1. The molecule has 0 bridgehead atoms. The van der Waals surface area contributed by atoms with Crippen LogP contribution in [0.1, 0.15) is 20.3 Å². The summed E-state index contributed by atoms with van der Waals surface area (Å²) in [6.45, 7) is 12.6. The largest absolute Gasteiger partial charge is 0.396 e. The number of piperazine rings is 1. The summed E-state index contributed by atoms with van der Waals surface area (Å²) < 4.78 is 5.13. The second kappa shape index (κ2) is 6.53. The smallest absolute Gasteiger partial charge is 0.0589 e. The summed E-state index contributed by atoms with van der Waals surface area (Å²) in [6, 6.07) is 0. The molecule has 2 fully saturated rings. The summed E-state index contributed by atoms with van der Waals surface area (Å²) in [4.78, 5) is 5.06. The second-order valence-electron chi connectivity index (χ2n) is 6.58. The maximum atomic E-state index is 9.63. The van der Waals surface area contributed by atoms with Gasteiger partial charge in [-0.15, -0.1) is 0 Å². The Balaban J connectivity index is 1.69. The molecule has 0 aromatic carbocycles. The molecule has 19 heavy (non-hydrogen) atoms. The minimum Gasteiger partial charge on any atom is -0.396 e. The van der Waals surface area contributed by atoms with Crippen molar-refractivity contribution in [2.75, 3.05) is 59.6 Å². The maximum absolute atomic E-state index is 9.63. The van der Waals surface area contributed by atoms with E-state index in [1.807, 2.05) is 0 Å². The van der Waals surface area contributed by atoms with Gasteiger partial charge in [-0.2, -0.15) is 0 Å². The van der Waals surface area contributed by atoms with Gasteiger partial charge in [-0.05, 0) is 18.3 Å². The number of hydrogen-bond acceptors (Lipinski definition) is 4. The van der Waals surface area contributed by atoms with E-state index in [0.717, 1.165) is 26.2 Å². The van der Waals surface area contributed by atoms with Gasteiger partial charge in [0.05, 0.1) is 6.61 Å². The highest BCUT2D eigenvalue weighted by Crippen LogP contribution is 2.57. The molecular formula is C15H30N2O2. The van der Waals surface area contributed by atoms with Gasteiger partial charge >= 0.3 is 0 Å². The highest BCUT2D eigenvalue weighted by molar-refractivity contribution is 5.05. The van der Waals surface area contributed by atoms with Crippen molar-refractivity contribution >= 4 is 0 Å². The van der Waals surface area contributed by atoms with E-state index in [-0.39, 0.29) is 5.41 Å². The van der Waals surface area contributed by atoms with Crippen LogP contribution < -0.4 is 0 Å². The Hall–Kier alpha value is -0.160. The number of aliphatic hydroxyl groups is 1. The molecule has 0 aromatic heterocycles. The molecule has 1 N–H and O–H groups in total. The van der Waals surface area contributed by atoms with Crippen LogP contribution in [0, 0.1) is 17.3 Å². The molecule has 0 spiro atoms. The standard InChI is InChI=1S/C15H30N2O2/c1-13(2)15(12-18)10-14(15)11-17-6-4-16(5-7-17)8-9-19-3/h13-14,18H,4-12H2,1-3H3. The fourth-order valence-electron chi connectivity index (χ4n) is 3.46. The molecule has 2 unspecified atom stereocenters. The highest BCUT2D eigenvalue weighted by atomic mass is 16.5. The second-order valence-corrected chi connectivity index (χ2v) is 6.58. The number of ether oxygens (including phenoxy) is 1. The molecule has 1 aliphatic heterocycles. The van der Waals surface area contributed by atoms with E-state index in [9.17, 15) is 5.11 Å². The maximum Gasteiger partial charge on any atom is 0.0589 e. The van der Waals surface area contributed by atoms with Crippen molar-refractivity contribution < 1.29 is 9.84 Å².